The second kappa shape index (κ2) is 7.70. The molecule has 0 unspecified atom stereocenters. The van der Waals surface area contributed by atoms with Crippen LogP contribution in [-0.4, -0.2) is 12.1 Å². The van der Waals surface area contributed by atoms with Crippen LogP contribution < -0.4 is 14.2 Å². The van der Waals surface area contributed by atoms with E-state index >= 15 is 0 Å². The molecule has 7 heteroatoms. The SMILES string of the molecule is COc1cccc(Oc2nc(Oc3cccc(C#N)c3)c(F)c(C)c2F)c1. The van der Waals surface area contributed by atoms with E-state index in [1.54, 1.807) is 30.3 Å². The summed E-state index contributed by atoms with van der Waals surface area (Å²) in [6.45, 7) is 1.25. The summed E-state index contributed by atoms with van der Waals surface area (Å²) in [5.74, 6) is -1.81. The summed E-state index contributed by atoms with van der Waals surface area (Å²) in [6, 6.07) is 14.5. The summed E-state index contributed by atoms with van der Waals surface area (Å²) >= 11 is 0. The van der Waals surface area contributed by atoms with Crippen LogP contribution >= 0.6 is 0 Å². The van der Waals surface area contributed by atoms with Gasteiger partial charge in [-0.15, -0.1) is 0 Å². The summed E-state index contributed by atoms with van der Waals surface area (Å²) in [4.78, 5) is 3.82. The molecule has 1 heterocycles. The molecule has 0 saturated carbocycles. The van der Waals surface area contributed by atoms with Gasteiger partial charge in [0.2, 0.25) is 0 Å². The predicted molar refractivity (Wildman–Crippen MR) is 93.2 cm³/mol. The summed E-state index contributed by atoms with van der Waals surface area (Å²) < 4.78 is 44.7. The zero-order valence-corrected chi connectivity index (χ0v) is 14.5. The van der Waals surface area contributed by atoms with Crippen molar-refractivity contribution in [3.05, 3.63) is 71.3 Å². The number of nitriles is 1. The Hall–Kier alpha value is -3.66. The number of methoxy groups -OCH3 is 1. The van der Waals surface area contributed by atoms with Crippen molar-refractivity contribution < 1.29 is 23.0 Å². The molecule has 0 aliphatic rings. The van der Waals surface area contributed by atoms with E-state index in [2.05, 4.69) is 4.98 Å². The Balaban J connectivity index is 1.96. The number of aromatic nitrogens is 1. The third kappa shape index (κ3) is 3.96. The molecule has 0 saturated heterocycles. The Morgan fingerprint density at radius 3 is 2.04 bits per heavy atom. The highest BCUT2D eigenvalue weighted by Crippen LogP contribution is 2.33. The lowest BCUT2D eigenvalue weighted by atomic mass is 10.2. The molecule has 0 atom stereocenters. The number of pyridine rings is 1. The van der Waals surface area contributed by atoms with Crippen LogP contribution in [0.15, 0.2) is 48.5 Å². The van der Waals surface area contributed by atoms with Crippen molar-refractivity contribution in [3.63, 3.8) is 0 Å². The van der Waals surface area contributed by atoms with E-state index in [1.165, 1.54) is 32.2 Å². The average Bonchev–Trinajstić information content (AvgIpc) is 2.70. The molecule has 27 heavy (non-hydrogen) atoms. The summed E-state index contributed by atoms with van der Waals surface area (Å²) in [5, 5.41) is 8.94. The molecule has 0 N–H and O–H groups in total. The van der Waals surface area contributed by atoms with Crippen LogP contribution in [-0.2, 0) is 0 Å². The number of hydrogen-bond acceptors (Lipinski definition) is 5. The van der Waals surface area contributed by atoms with E-state index in [-0.39, 0.29) is 17.1 Å². The van der Waals surface area contributed by atoms with E-state index in [0.29, 0.717) is 11.3 Å². The summed E-state index contributed by atoms with van der Waals surface area (Å²) in [7, 11) is 1.49. The van der Waals surface area contributed by atoms with Gasteiger partial charge in [-0.25, -0.2) is 8.78 Å². The van der Waals surface area contributed by atoms with E-state index in [4.69, 9.17) is 19.5 Å². The Kier molecular flexibility index (Phi) is 5.18. The molecule has 0 bridgehead atoms. The van der Waals surface area contributed by atoms with E-state index < -0.39 is 23.4 Å². The second-order valence-electron chi connectivity index (χ2n) is 5.50. The molecule has 136 valence electrons. The topological polar surface area (TPSA) is 64.4 Å². The molecule has 5 nitrogen and oxygen atoms in total. The average molecular weight is 368 g/mol. The number of hydrogen-bond donors (Lipinski definition) is 0. The predicted octanol–water partition coefficient (Wildman–Crippen LogP) is 5.13. The largest absolute Gasteiger partial charge is 0.497 e. The van der Waals surface area contributed by atoms with Gasteiger partial charge in [0, 0.05) is 11.6 Å². The van der Waals surface area contributed by atoms with Crippen molar-refractivity contribution in [1.29, 1.82) is 5.26 Å². The van der Waals surface area contributed by atoms with Gasteiger partial charge >= 0.3 is 0 Å². The molecule has 0 spiro atoms. The molecular formula is C20H14F2N2O3. The first-order valence-corrected chi connectivity index (χ1v) is 7.87. The Morgan fingerprint density at radius 2 is 1.44 bits per heavy atom. The van der Waals surface area contributed by atoms with Crippen molar-refractivity contribution in [2.45, 2.75) is 6.92 Å². The monoisotopic (exact) mass is 368 g/mol. The van der Waals surface area contributed by atoms with Crippen molar-refractivity contribution in [1.82, 2.24) is 4.98 Å². The fourth-order valence-corrected chi connectivity index (χ4v) is 2.26. The molecule has 0 radical (unpaired) electrons. The molecule has 0 aliphatic carbocycles. The fourth-order valence-electron chi connectivity index (χ4n) is 2.26. The maximum absolute atomic E-state index is 14.4. The number of benzene rings is 2. The minimum Gasteiger partial charge on any atom is -0.497 e. The second-order valence-corrected chi connectivity index (χ2v) is 5.50. The quantitative estimate of drug-likeness (QED) is 0.624. The van der Waals surface area contributed by atoms with Crippen LogP contribution in [0.25, 0.3) is 0 Å². The van der Waals surface area contributed by atoms with Gasteiger partial charge in [0.15, 0.2) is 11.6 Å². The van der Waals surface area contributed by atoms with Crippen molar-refractivity contribution in [3.8, 4) is 35.1 Å². The highest BCUT2D eigenvalue weighted by molar-refractivity contribution is 5.41. The van der Waals surface area contributed by atoms with Gasteiger partial charge in [-0.05, 0) is 37.3 Å². The van der Waals surface area contributed by atoms with Crippen molar-refractivity contribution >= 4 is 0 Å². The number of nitrogens with zero attached hydrogens (tertiary/aromatic N) is 2. The Morgan fingerprint density at radius 1 is 0.889 bits per heavy atom. The van der Waals surface area contributed by atoms with Gasteiger partial charge in [-0.3, -0.25) is 0 Å². The summed E-state index contributed by atoms with van der Waals surface area (Å²) in [5.41, 5.74) is 0.0360. The first-order valence-electron chi connectivity index (χ1n) is 7.87. The summed E-state index contributed by atoms with van der Waals surface area (Å²) in [6.07, 6.45) is 0. The molecule has 0 aliphatic heterocycles. The lowest BCUT2D eigenvalue weighted by Gasteiger charge is -2.12. The van der Waals surface area contributed by atoms with Gasteiger partial charge in [0.25, 0.3) is 11.8 Å². The van der Waals surface area contributed by atoms with Crippen LogP contribution in [0.5, 0.6) is 29.0 Å². The number of ether oxygens (including phenoxy) is 3. The van der Waals surface area contributed by atoms with Gasteiger partial charge < -0.3 is 14.2 Å². The molecule has 1 aromatic heterocycles. The van der Waals surface area contributed by atoms with Gasteiger partial charge in [-0.2, -0.15) is 10.2 Å². The van der Waals surface area contributed by atoms with E-state index in [0.717, 1.165) is 0 Å². The van der Waals surface area contributed by atoms with Crippen LogP contribution in [0.1, 0.15) is 11.1 Å². The van der Waals surface area contributed by atoms with Crippen LogP contribution in [0.4, 0.5) is 8.78 Å². The van der Waals surface area contributed by atoms with Crippen molar-refractivity contribution in [2.75, 3.05) is 7.11 Å². The van der Waals surface area contributed by atoms with Gasteiger partial charge in [0.05, 0.1) is 18.7 Å². The third-order valence-corrected chi connectivity index (χ3v) is 3.67. The molecule has 0 amide bonds. The van der Waals surface area contributed by atoms with E-state index in [1.807, 2.05) is 6.07 Å². The molecule has 0 fully saturated rings. The molecule has 3 aromatic rings. The minimum atomic E-state index is -0.951. The lowest BCUT2D eigenvalue weighted by molar-refractivity contribution is 0.370. The van der Waals surface area contributed by atoms with Crippen LogP contribution in [0, 0.1) is 29.9 Å². The lowest BCUT2D eigenvalue weighted by Crippen LogP contribution is -2.02. The van der Waals surface area contributed by atoms with Crippen molar-refractivity contribution in [2.24, 2.45) is 0 Å². The van der Waals surface area contributed by atoms with Crippen LogP contribution in [0.3, 0.4) is 0 Å². The Labute approximate surface area is 154 Å². The number of halogens is 2. The molecule has 2 aromatic carbocycles. The third-order valence-electron chi connectivity index (χ3n) is 3.67. The molecule has 3 rings (SSSR count). The first-order chi connectivity index (χ1) is 13.0. The zero-order chi connectivity index (χ0) is 19.4. The highest BCUT2D eigenvalue weighted by atomic mass is 19.1. The Bertz CT molecular complexity index is 1030. The normalized spacial score (nSPS) is 10.2. The smallest absolute Gasteiger partial charge is 0.259 e. The highest BCUT2D eigenvalue weighted by Gasteiger charge is 2.21. The van der Waals surface area contributed by atoms with Gasteiger partial charge in [-0.1, -0.05) is 12.1 Å². The maximum atomic E-state index is 14.4. The van der Waals surface area contributed by atoms with Gasteiger partial charge in [0.1, 0.15) is 17.2 Å². The maximum Gasteiger partial charge on any atom is 0.259 e. The fraction of sp³-hybridized carbons (Fsp3) is 0.100. The zero-order valence-electron chi connectivity index (χ0n) is 14.5. The number of rotatable bonds is 5. The van der Waals surface area contributed by atoms with E-state index in [9.17, 15) is 8.78 Å². The standard InChI is InChI=1S/C20H14F2N2O3/c1-12-17(21)19(26-15-7-3-5-13(9-15)11-23)24-20(18(12)22)27-16-8-4-6-14(10-16)25-2/h3-10H,1-2H3. The minimum absolute atomic E-state index is 0.193. The molecular weight excluding hydrogens is 354 g/mol. The van der Waals surface area contributed by atoms with Crippen LogP contribution in [0.2, 0.25) is 0 Å². The first kappa shape index (κ1) is 18.1.